The largest absolute Gasteiger partial charge is 0.388 e. The lowest BCUT2D eigenvalue weighted by Gasteiger charge is -2.10. The van der Waals surface area contributed by atoms with Crippen molar-refractivity contribution in [2.24, 2.45) is 0 Å². The van der Waals surface area contributed by atoms with Crippen LogP contribution in [0.2, 0.25) is 0 Å². The molecule has 0 amide bonds. The van der Waals surface area contributed by atoms with Crippen molar-refractivity contribution in [3.8, 4) is 0 Å². The third-order valence-corrected chi connectivity index (χ3v) is 1.80. The molecule has 0 fully saturated rings. The first-order chi connectivity index (χ1) is 5.18. The zero-order valence-corrected chi connectivity index (χ0v) is 8.11. The monoisotopic (exact) mass is 200 g/mol. The Hall–Kier alpha value is 0.500. The maximum atomic E-state index is 9.04. The Balaban J connectivity index is 3.10. The average molecular weight is 201 g/mol. The molecular formula is C7H14Cl2O2. The number of rotatable bonds is 6. The van der Waals surface area contributed by atoms with Gasteiger partial charge in [-0.25, -0.2) is 0 Å². The van der Waals surface area contributed by atoms with Gasteiger partial charge in [0, 0.05) is 6.61 Å². The first-order valence-electron chi connectivity index (χ1n) is 3.72. The summed E-state index contributed by atoms with van der Waals surface area (Å²) in [5, 5.41) is 9.04. The number of aliphatic hydroxyl groups excluding tert-OH is 1. The van der Waals surface area contributed by atoms with Crippen LogP contribution in [0.1, 0.15) is 19.8 Å². The number of alkyl halides is 2. The SMILES string of the molecule is CCCCOCC(O)C(Cl)Cl. The van der Waals surface area contributed by atoms with E-state index in [0.29, 0.717) is 6.61 Å². The Morgan fingerprint density at radius 2 is 2.09 bits per heavy atom. The first-order valence-corrected chi connectivity index (χ1v) is 4.59. The van der Waals surface area contributed by atoms with Crippen LogP contribution in [-0.4, -0.2) is 29.3 Å². The molecule has 0 heterocycles. The summed E-state index contributed by atoms with van der Waals surface area (Å²) < 4.78 is 5.08. The van der Waals surface area contributed by atoms with E-state index < -0.39 is 10.9 Å². The van der Waals surface area contributed by atoms with Crippen LogP contribution in [0.5, 0.6) is 0 Å². The maximum absolute atomic E-state index is 9.04. The van der Waals surface area contributed by atoms with Crippen LogP contribution in [0.4, 0.5) is 0 Å². The zero-order valence-electron chi connectivity index (χ0n) is 6.59. The molecule has 2 nitrogen and oxygen atoms in total. The van der Waals surface area contributed by atoms with E-state index in [1.165, 1.54) is 0 Å². The van der Waals surface area contributed by atoms with Gasteiger partial charge in [0.1, 0.15) is 10.9 Å². The minimum absolute atomic E-state index is 0.220. The van der Waals surface area contributed by atoms with Crippen molar-refractivity contribution in [2.75, 3.05) is 13.2 Å². The number of unbranched alkanes of at least 4 members (excludes halogenated alkanes) is 1. The molecule has 68 valence electrons. The van der Waals surface area contributed by atoms with Crippen molar-refractivity contribution in [3.63, 3.8) is 0 Å². The standard InChI is InChI=1S/C7H14Cl2O2/c1-2-3-4-11-5-6(10)7(8)9/h6-7,10H,2-5H2,1H3. The summed E-state index contributed by atoms with van der Waals surface area (Å²) in [6, 6.07) is 0. The molecule has 0 aromatic rings. The number of halogens is 2. The highest BCUT2D eigenvalue weighted by Crippen LogP contribution is 2.07. The molecule has 0 rings (SSSR count). The molecule has 1 N–H and O–H groups in total. The summed E-state index contributed by atoms with van der Waals surface area (Å²) in [6.07, 6.45) is 1.32. The lowest BCUT2D eigenvalue weighted by Crippen LogP contribution is -2.22. The van der Waals surface area contributed by atoms with E-state index in [1.807, 2.05) is 0 Å². The van der Waals surface area contributed by atoms with Crippen LogP contribution in [0.25, 0.3) is 0 Å². The number of ether oxygens (including phenoxy) is 1. The highest BCUT2D eigenvalue weighted by atomic mass is 35.5. The molecule has 0 aliphatic heterocycles. The Morgan fingerprint density at radius 1 is 1.45 bits per heavy atom. The predicted molar refractivity (Wildman–Crippen MR) is 47.2 cm³/mol. The Morgan fingerprint density at radius 3 is 2.55 bits per heavy atom. The summed E-state index contributed by atoms with van der Waals surface area (Å²) in [5.41, 5.74) is 0. The topological polar surface area (TPSA) is 29.5 Å². The average Bonchev–Trinajstić information content (AvgIpc) is 1.97. The third kappa shape index (κ3) is 6.88. The van der Waals surface area contributed by atoms with Crippen molar-refractivity contribution in [3.05, 3.63) is 0 Å². The highest BCUT2D eigenvalue weighted by Gasteiger charge is 2.12. The summed E-state index contributed by atoms with van der Waals surface area (Å²) in [6.45, 7) is 2.96. The molecule has 0 aliphatic carbocycles. The number of aliphatic hydroxyl groups is 1. The number of hydrogen-bond acceptors (Lipinski definition) is 2. The van der Waals surface area contributed by atoms with Crippen molar-refractivity contribution in [1.29, 1.82) is 0 Å². The van der Waals surface area contributed by atoms with Gasteiger partial charge < -0.3 is 9.84 Å². The van der Waals surface area contributed by atoms with Crippen LogP contribution in [0, 0.1) is 0 Å². The molecular weight excluding hydrogens is 187 g/mol. The molecule has 0 radical (unpaired) electrons. The minimum Gasteiger partial charge on any atom is -0.388 e. The quantitative estimate of drug-likeness (QED) is 0.525. The zero-order chi connectivity index (χ0) is 8.69. The highest BCUT2D eigenvalue weighted by molar-refractivity contribution is 6.44. The molecule has 0 spiro atoms. The van der Waals surface area contributed by atoms with E-state index in [1.54, 1.807) is 0 Å². The van der Waals surface area contributed by atoms with E-state index in [9.17, 15) is 0 Å². The van der Waals surface area contributed by atoms with Gasteiger partial charge in [-0.1, -0.05) is 13.3 Å². The molecule has 0 bridgehead atoms. The lowest BCUT2D eigenvalue weighted by atomic mass is 10.3. The van der Waals surface area contributed by atoms with Crippen LogP contribution in [0.15, 0.2) is 0 Å². The van der Waals surface area contributed by atoms with Crippen molar-refractivity contribution in [1.82, 2.24) is 0 Å². The fraction of sp³-hybridized carbons (Fsp3) is 1.00. The Kier molecular flexibility index (Phi) is 7.49. The second kappa shape index (κ2) is 7.17. The lowest BCUT2D eigenvalue weighted by molar-refractivity contribution is 0.0423. The Labute approximate surface area is 77.4 Å². The van der Waals surface area contributed by atoms with E-state index in [2.05, 4.69) is 6.92 Å². The number of hydrogen-bond donors (Lipinski definition) is 1. The molecule has 1 atom stereocenters. The van der Waals surface area contributed by atoms with Crippen molar-refractivity contribution in [2.45, 2.75) is 30.7 Å². The molecule has 0 aliphatic rings. The van der Waals surface area contributed by atoms with Gasteiger partial charge >= 0.3 is 0 Å². The van der Waals surface area contributed by atoms with Crippen LogP contribution in [0.3, 0.4) is 0 Å². The van der Waals surface area contributed by atoms with Crippen LogP contribution >= 0.6 is 23.2 Å². The van der Waals surface area contributed by atoms with Crippen molar-refractivity contribution >= 4 is 23.2 Å². The van der Waals surface area contributed by atoms with Crippen molar-refractivity contribution < 1.29 is 9.84 Å². The fourth-order valence-corrected chi connectivity index (χ4v) is 0.669. The van der Waals surface area contributed by atoms with Gasteiger partial charge in [0.15, 0.2) is 0 Å². The second-order valence-electron chi connectivity index (χ2n) is 2.33. The summed E-state index contributed by atoms with van der Waals surface area (Å²) in [5.74, 6) is 0. The second-order valence-corrected chi connectivity index (χ2v) is 3.49. The molecule has 4 heteroatoms. The van der Waals surface area contributed by atoms with Gasteiger partial charge in [-0.15, -0.1) is 23.2 Å². The summed E-state index contributed by atoms with van der Waals surface area (Å²) >= 11 is 10.8. The predicted octanol–water partition coefficient (Wildman–Crippen LogP) is 1.97. The van der Waals surface area contributed by atoms with Crippen LogP contribution < -0.4 is 0 Å². The van der Waals surface area contributed by atoms with E-state index in [4.69, 9.17) is 33.0 Å². The van der Waals surface area contributed by atoms with Gasteiger partial charge in [0.2, 0.25) is 0 Å². The van der Waals surface area contributed by atoms with E-state index in [0.717, 1.165) is 12.8 Å². The van der Waals surface area contributed by atoms with Gasteiger partial charge in [0.05, 0.1) is 6.61 Å². The van der Waals surface area contributed by atoms with Gasteiger partial charge in [-0.2, -0.15) is 0 Å². The summed E-state index contributed by atoms with van der Waals surface area (Å²) in [4.78, 5) is -0.753. The third-order valence-electron chi connectivity index (χ3n) is 1.22. The maximum Gasteiger partial charge on any atom is 0.135 e. The summed E-state index contributed by atoms with van der Waals surface area (Å²) in [7, 11) is 0. The molecule has 1 unspecified atom stereocenters. The van der Waals surface area contributed by atoms with Crippen LogP contribution in [-0.2, 0) is 4.74 Å². The molecule has 0 aromatic heterocycles. The van der Waals surface area contributed by atoms with E-state index in [-0.39, 0.29) is 6.61 Å². The molecule has 11 heavy (non-hydrogen) atoms. The Bertz CT molecular complexity index is 88.5. The fourth-order valence-electron chi connectivity index (χ4n) is 0.523. The minimum atomic E-state index is -0.768. The van der Waals surface area contributed by atoms with E-state index >= 15 is 0 Å². The van der Waals surface area contributed by atoms with Gasteiger partial charge in [-0.05, 0) is 6.42 Å². The molecule has 0 saturated carbocycles. The first kappa shape index (κ1) is 11.5. The molecule has 0 aromatic carbocycles. The normalized spacial score (nSPS) is 13.9. The van der Waals surface area contributed by atoms with Gasteiger partial charge in [-0.3, -0.25) is 0 Å². The smallest absolute Gasteiger partial charge is 0.135 e. The molecule has 0 saturated heterocycles. The van der Waals surface area contributed by atoms with Gasteiger partial charge in [0.25, 0.3) is 0 Å².